The summed E-state index contributed by atoms with van der Waals surface area (Å²) in [6, 6.07) is 0. The van der Waals surface area contributed by atoms with Crippen molar-refractivity contribution in [2.45, 2.75) is 51.6 Å². The number of nitrogens with zero attached hydrogens (tertiary/aromatic N) is 3. The Morgan fingerprint density at radius 3 is 2.72 bits per heavy atom. The number of aliphatic carboxylic acids is 1. The molecule has 2 rings (SSSR count). The molecule has 0 unspecified atom stereocenters. The molecular weight excluding hydrogens is 234 g/mol. The summed E-state index contributed by atoms with van der Waals surface area (Å²) in [7, 11) is 0. The molecule has 1 aromatic rings. The SMILES string of the molecule is CCN(Cc1nc(C2CC2)no1)C(C)(C)C(=O)O. The van der Waals surface area contributed by atoms with Gasteiger partial charge in [-0.3, -0.25) is 9.69 Å². The Bertz CT molecular complexity index is 438. The number of carbonyl (C=O) groups is 1. The van der Waals surface area contributed by atoms with Gasteiger partial charge in [0.1, 0.15) is 5.54 Å². The molecule has 6 heteroatoms. The fourth-order valence-electron chi connectivity index (χ4n) is 1.84. The Morgan fingerprint density at radius 2 is 2.22 bits per heavy atom. The molecule has 0 atom stereocenters. The van der Waals surface area contributed by atoms with Gasteiger partial charge < -0.3 is 9.63 Å². The number of hydrogen-bond acceptors (Lipinski definition) is 5. The van der Waals surface area contributed by atoms with Gasteiger partial charge in [0.15, 0.2) is 5.82 Å². The highest BCUT2D eigenvalue weighted by molar-refractivity contribution is 5.77. The summed E-state index contributed by atoms with van der Waals surface area (Å²) in [5.41, 5.74) is -0.942. The van der Waals surface area contributed by atoms with Crippen LogP contribution in [-0.2, 0) is 11.3 Å². The standard InChI is InChI=1S/C12H19N3O3/c1-4-15(12(2,3)11(16)17)7-9-13-10(14-18-9)8-5-6-8/h8H,4-7H2,1-3H3,(H,16,17). The molecule has 0 amide bonds. The third-order valence-corrected chi connectivity index (χ3v) is 3.45. The Balaban J connectivity index is 2.06. The van der Waals surface area contributed by atoms with Gasteiger partial charge in [-0.05, 0) is 33.2 Å². The topological polar surface area (TPSA) is 79.5 Å². The van der Waals surface area contributed by atoms with E-state index in [0.717, 1.165) is 18.7 Å². The molecule has 0 aromatic carbocycles. The van der Waals surface area contributed by atoms with Crippen molar-refractivity contribution in [1.29, 1.82) is 0 Å². The molecule has 0 saturated heterocycles. The van der Waals surface area contributed by atoms with Crippen LogP contribution in [0.1, 0.15) is 51.2 Å². The first-order valence-corrected chi connectivity index (χ1v) is 6.26. The number of aromatic nitrogens is 2. The van der Waals surface area contributed by atoms with Crippen LogP contribution in [0.2, 0.25) is 0 Å². The normalized spacial score (nSPS) is 16.2. The van der Waals surface area contributed by atoms with Crippen LogP contribution in [0.15, 0.2) is 4.52 Å². The van der Waals surface area contributed by atoms with Crippen LogP contribution in [0, 0.1) is 0 Å². The zero-order chi connectivity index (χ0) is 13.3. The minimum atomic E-state index is -0.942. The Kier molecular flexibility index (Phi) is 3.38. The molecule has 1 saturated carbocycles. The third kappa shape index (κ3) is 2.53. The molecule has 0 bridgehead atoms. The molecule has 1 aliphatic carbocycles. The van der Waals surface area contributed by atoms with Crippen molar-refractivity contribution < 1.29 is 14.4 Å². The lowest BCUT2D eigenvalue weighted by Gasteiger charge is -2.32. The summed E-state index contributed by atoms with van der Waals surface area (Å²) in [6.07, 6.45) is 2.24. The number of rotatable bonds is 6. The fourth-order valence-corrected chi connectivity index (χ4v) is 1.84. The first kappa shape index (κ1) is 13.0. The van der Waals surface area contributed by atoms with Crippen molar-refractivity contribution in [2.24, 2.45) is 0 Å². The zero-order valence-corrected chi connectivity index (χ0v) is 11.0. The minimum absolute atomic E-state index is 0.371. The largest absolute Gasteiger partial charge is 0.480 e. The van der Waals surface area contributed by atoms with Gasteiger partial charge in [-0.25, -0.2) is 0 Å². The predicted octanol–water partition coefficient (Wildman–Crippen LogP) is 1.63. The van der Waals surface area contributed by atoms with Gasteiger partial charge in [-0.1, -0.05) is 12.1 Å². The van der Waals surface area contributed by atoms with Crippen molar-refractivity contribution in [3.63, 3.8) is 0 Å². The molecule has 1 N–H and O–H groups in total. The van der Waals surface area contributed by atoms with Crippen molar-refractivity contribution >= 4 is 5.97 Å². The number of likely N-dealkylation sites (N-methyl/N-ethyl adjacent to an activating group) is 1. The van der Waals surface area contributed by atoms with Crippen molar-refractivity contribution in [3.05, 3.63) is 11.7 Å². The zero-order valence-electron chi connectivity index (χ0n) is 11.0. The van der Waals surface area contributed by atoms with Crippen LogP contribution >= 0.6 is 0 Å². The Morgan fingerprint density at radius 1 is 1.56 bits per heavy atom. The molecule has 100 valence electrons. The molecular formula is C12H19N3O3. The number of carboxylic acids is 1. The van der Waals surface area contributed by atoms with Crippen molar-refractivity contribution in [3.8, 4) is 0 Å². The van der Waals surface area contributed by atoms with E-state index in [-0.39, 0.29) is 0 Å². The van der Waals surface area contributed by atoms with Crippen LogP contribution in [0.25, 0.3) is 0 Å². The molecule has 6 nitrogen and oxygen atoms in total. The summed E-state index contributed by atoms with van der Waals surface area (Å²) >= 11 is 0. The summed E-state index contributed by atoms with van der Waals surface area (Å²) in [5, 5.41) is 13.1. The summed E-state index contributed by atoms with van der Waals surface area (Å²) in [4.78, 5) is 17.4. The average molecular weight is 253 g/mol. The van der Waals surface area contributed by atoms with E-state index < -0.39 is 11.5 Å². The lowest BCUT2D eigenvalue weighted by atomic mass is 10.0. The smallest absolute Gasteiger partial charge is 0.323 e. The quantitative estimate of drug-likeness (QED) is 0.830. The average Bonchev–Trinajstić information content (AvgIpc) is 3.06. The molecule has 0 spiro atoms. The maximum Gasteiger partial charge on any atom is 0.323 e. The maximum atomic E-state index is 11.2. The second kappa shape index (κ2) is 4.68. The lowest BCUT2D eigenvalue weighted by Crippen LogP contribution is -2.49. The number of carboxylic acid groups (broad SMARTS) is 1. The maximum absolute atomic E-state index is 11.2. The van der Waals surface area contributed by atoms with Crippen LogP contribution < -0.4 is 0 Å². The highest BCUT2D eigenvalue weighted by Crippen LogP contribution is 2.38. The molecule has 1 heterocycles. The van der Waals surface area contributed by atoms with Crippen LogP contribution in [-0.4, -0.2) is 38.2 Å². The van der Waals surface area contributed by atoms with Gasteiger partial charge in [0, 0.05) is 5.92 Å². The number of hydrogen-bond donors (Lipinski definition) is 1. The van der Waals surface area contributed by atoms with Crippen LogP contribution in [0.3, 0.4) is 0 Å². The third-order valence-electron chi connectivity index (χ3n) is 3.45. The summed E-state index contributed by atoms with van der Waals surface area (Å²) < 4.78 is 5.18. The summed E-state index contributed by atoms with van der Waals surface area (Å²) in [5.74, 6) is 0.846. The Labute approximate surface area is 106 Å². The second-order valence-electron chi connectivity index (χ2n) is 5.20. The van der Waals surface area contributed by atoms with Crippen molar-refractivity contribution in [2.75, 3.05) is 6.54 Å². The van der Waals surface area contributed by atoms with E-state index in [2.05, 4.69) is 10.1 Å². The lowest BCUT2D eigenvalue weighted by molar-refractivity contribution is -0.149. The van der Waals surface area contributed by atoms with E-state index in [1.54, 1.807) is 18.7 Å². The monoisotopic (exact) mass is 253 g/mol. The molecule has 1 aliphatic rings. The van der Waals surface area contributed by atoms with E-state index >= 15 is 0 Å². The van der Waals surface area contributed by atoms with E-state index in [4.69, 9.17) is 4.52 Å². The Hall–Kier alpha value is -1.43. The molecule has 18 heavy (non-hydrogen) atoms. The van der Waals surface area contributed by atoms with E-state index in [0.29, 0.717) is 24.9 Å². The van der Waals surface area contributed by atoms with Gasteiger partial charge >= 0.3 is 5.97 Å². The summed E-state index contributed by atoms with van der Waals surface area (Å²) in [6.45, 7) is 6.26. The van der Waals surface area contributed by atoms with E-state index in [1.165, 1.54) is 0 Å². The molecule has 0 aliphatic heterocycles. The van der Waals surface area contributed by atoms with Gasteiger partial charge in [0.2, 0.25) is 5.89 Å². The van der Waals surface area contributed by atoms with Gasteiger partial charge in [-0.2, -0.15) is 4.98 Å². The first-order valence-electron chi connectivity index (χ1n) is 6.26. The van der Waals surface area contributed by atoms with E-state index in [9.17, 15) is 9.90 Å². The van der Waals surface area contributed by atoms with Crippen LogP contribution in [0.4, 0.5) is 0 Å². The highest BCUT2D eigenvalue weighted by atomic mass is 16.5. The van der Waals surface area contributed by atoms with Crippen LogP contribution in [0.5, 0.6) is 0 Å². The van der Waals surface area contributed by atoms with Crippen molar-refractivity contribution in [1.82, 2.24) is 15.0 Å². The molecule has 1 aromatic heterocycles. The van der Waals surface area contributed by atoms with E-state index in [1.807, 2.05) is 6.92 Å². The predicted molar refractivity (Wildman–Crippen MR) is 64.1 cm³/mol. The first-order chi connectivity index (χ1) is 8.45. The molecule has 1 fully saturated rings. The van der Waals surface area contributed by atoms with Gasteiger partial charge in [0.25, 0.3) is 0 Å². The second-order valence-corrected chi connectivity index (χ2v) is 5.20. The molecule has 0 radical (unpaired) electrons. The highest BCUT2D eigenvalue weighted by Gasteiger charge is 2.35. The van der Waals surface area contributed by atoms with Gasteiger partial charge in [0.05, 0.1) is 6.54 Å². The minimum Gasteiger partial charge on any atom is -0.480 e. The van der Waals surface area contributed by atoms with Gasteiger partial charge in [-0.15, -0.1) is 0 Å². The fraction of sp³-hybridized carbons (Fsp3) is 0.750.